The topological polar surface area (TPSA) is 99.2 Å². The third-order valence-corrected chi connectivity index (χ3v) is 4.64. The Morgan fingerprint density at radius 3 is 2.96 bits per heavy atom. The number of rotatable bonds is 4. The summed E-state index contributed by atoms with van der Waals surface area (Å²) in [5, 5.41) is 18.8. The predicted octanol–water partition coefficient (Wildman–Crippen LogP) is 0.566. The lowest BCUT2D eigenvalue weighted by Gasteiger charge is -2.30. The van der Waals surface area contributed by atoms with Crippen molar-refractivity contribution < 1.29 is 15.0 Å². The van der Waals surface area contributed by atoms with Gasteiger partial charge in [-0.05, 0) is 36.1 Å². The lowest BCUT2D eigenvalue weighted by Crippen LogP contribution is -2.50. The number of aliphatic hydroxyl groups excluding tert-OH is 2. The molecule has 1 aromatic rings. The molecule has 1 amide bonds. The standard InChI is InChI=1S/C18H23N3O3/c1-11(23)17(19)18(24)21-6-5-14-8-15(20-16(14)9-21)13-4-2-3-12(7-13)10-22/h2-4,7,11,17,22-23H,5-6,8-10,19H2,1H3/t11-,17+/m1/s1. The van der Waals surface area contributed by atoms with Crippen LogP contribution in [0.4, 0.5) is 0 Å². The smallest absolute Gasteiger partial charge is 0.242 e. The van der Waals surface area contributed by atoms with Crippen LogP contribution in [0.3, 0.4) is 0 Å². The van der Waals surface area contributed by atoms with E-state index in [1.165, 1.54) is 12.5 Å². The maximum atomic E-state index is 12.3. The van der Waals surface area contributed by atoms with Crippen molar-refractivity contribution in [1.82, 2.24) is 4.90 Å². The van der Waals surface area contributed by atoms with E-state index in [9.17, 15) is 15.0 Å². The Labute approximate surface area is 141 Å². The lowest BCUT2D eigenvalue weighted by molar-refractivity contribution is -0.134. The van der Waals surface area contributed by atoms with E-state index in [1.54, 1.807) is 4.90 Å². The Kier molecular flexibility index (Phi) is 4.80. The number of amides is 1. The van der Waals surface area contributed by atoms with Crippen LogP contribution in [0.15, 0.2) is 40.5 Å². The monoisotopic (exact) mass is 329 g/mol. The molecule has 0 aromatic heterocycles. The first-order chi connectivity index (χ1) is 11.5. The number of carbonyl (C=O) groups excluding carboxylic acids is 1. The Balaban J connectivity index is 1.74. The quantitative estimate of drug-likeness (QED) is 0.752. The summed E-state index contributed by atoms with van der Waals surface area (Å²) in [6.45, 7) is 2.58. The maximum absolute atomic E-state index is 12.3. The molecule has 0 saturated carbocycles. The number of nitrogens with zero attached hydrogens (tertiary/aromatic N) is 2. The van der Waals surface area contributed by atoms with Crippen LogP contribution in [0.2, 0.25) is 0 Å². The van der Waals surface area contributed by atoms with Crippen LogP contribution in [0.25, 0.3) is 0 Å². The van der Waals surface area contributed by atoms with Gasteiger partial charge in [-0.25, -0.2) is 0 Å². The van der Waals surface area contributed by atoms with Gasteiger partial charge in [0.05, 0.1) is 30.7 Å². The molecular formula is C18H23N3O3. The van der Waals surface area contributed by atoms with E-state index in [1.807, 2.05) is 24.3 Å². The highest BCUT2D eigenvalue weighted by atomic mass is 16.3. The van der Waals surface area contributed by atoms with Crippen molar-refractivity contribution >= 4 is 11.6 Å². The second-order valence-corrected chi connectivity index (χ2v) is 6.42. The summed E-state index contributed by atoms with van der Waals surface area (Å²) in [5.74, 6) is -0.234. The predicted molar refractivity (Wildman–Crippen MR) is 91.4 cm³/mol. The van der Waals surface area contributed by atoms with Gasteiger partial charge < -0.3 is 20.8 Å². The molecule has 0 fully saturated rings. The van der Waals surface area contributed by atoms with Crippen molar-refractivity contribution in [2.45, 2.75) is 38.5 Å². The average molecular weight is 329 g/mol. The molecule has 0 spiro atoms. The maximum Gasteiger partial charge on any atom is 0.242 e. The van der Waals surface area contributed by atoms with Crippen LogP contribution in [0.1, 0.15) is 30.9 Å². The summed E-state index contributed by atoms with van der Waals surface area (Å²) in [5.41, 5.74) is 10.8. The fourth-order valence-electron chi connectivity index (χ4n) is 3.12. The number of aliphatic imine (C=N–C) groups is 1. The van der Waals surface area contributed by atoms with Crippen molar-refractivity contribution in [2.24, 2.45) is 10.7 Å². The van der Waals surface area contributed by atoms with Crippen LogP contribution in [0.5, 0.6) is 0 Å². The minimum absolute atomic E-state index is 0.00771. The second-order valence-electron chi connectivity index (χ2n) is 6.42. The Hall–Kier alpha value is -2.02. The molecule has 2 aliphatic rings. The van der Waals surface area contributed by atoms with Crippen LogP contribution in [-0.2, 0) is 11.4 Å². The Morgan fingerprint density at radius 2 is 2.25 bits per heavy atom. The third-order valence-electron chi connectivity index (χ3n) is 4.64. The number of benzene rings is 1. The van der Waals surface area contributed by atoms with Crippen LogP contribution >= 0.6 is 0 Å². The van der Waals surface area contributed by atoms with Gasteiger partial charge >= 0.3 is 0 Å². The molecule has 24 heavy (non-hydrogen) atoms. The third kappa shape index (κ3) is 3.26. The molecule has 1 aromatic carbocycles. The number of hydrogen-bond donors (Lipinski definition) is 3. The number of carbonyl (C=O) groups is 1. The number of aliphatic hydroxyl groups is 2. The molecule has 3 rings (SSSR count). The first kappa shape index (κ1) is 16.8. The van der Waals surface area contributed by atoms with E-state index in [4.69, 9.17) is 10.7 Å². The van der Waals surface area contributed by atoms with Gasteiger partial charge in [0.15, 0.2) is 0 Å². The van der Waals surface area contributed by atoms with E-state index in [0.717, 1.165) is 35.4 Å². The van der Waals surface area contributed by atoms with Gasteiger partial charge in [-0.15, -0.1) is 0 Å². The van der Waals surface area contributed by atoms with Gasteiger partial charge in [0.25, 0.3) is 0 Å². The molecule has 128 valence electrons. The zero-order chi connectivity index (χ0) is 17.3. The average Bonchev–Trinajstić information content (AvgIpc) is 3.03. The fourth-order valence-corrected chi connectivity index (χ4v) is 3.12. The van der Waals surface area contributed by atoms with Crippen molar-refractivity contribution in [3.63, 3.8) is 0 Å². The molecule has 6 heteroatoms. The minimum Gasteiger partial charge on any atom is -0.392 e. The van der Waals surface area contributed by atoms with Crippen molar-refractivity contribution in [3.8, 4) is 0 Å². The van der Waals surface area contributed by atoms with E-state index in [2.05, 4.69) is 0 Å². The highest BCUT2D eigenvalue weighted by Gasteiger charge is 2.31. The SMILES string of the molecule is C[C@@H](O)[C@H](N)C(=O)N1CCC2=C(C1)N=C(c1cccc(CO)c1)C2. The van der Waals surface area contributed by atoms with Crippen molar-refractivity contribution in [2.75, 3.05) is 13.1 Å². The highest BCUT2D eigenvalue weighted by molar-refractivity contribution is 6.04. The molecule has 2 atom stereocenters. The van der Waals surface area contributed by atoms with Gasteiger partial charge in [-0.3, -0.25) is 9.79 Å². The zero-order valence-electron chi connectivity index (χ0n) is 13.8. The van der Waals surface area contributed by atoms with E-state index < -0.39 is 12.1 Å². The Bertz CT molecular complexity index is 709. The number of nitrogens with two attached hydrogens (primary N) is 1. The molecule has 0 saturated heterocycles. The molecule has 4 N–H and O–H groups in total. The zero-order valence-corrected chi connectivity index (χ0v) is 13.8. The summed E-state index contributed by atoms with van der Waals surface area (Å²) < 4.78 is 0. The molecular weight excluding hydrogens is 306 g/mol. The van der Waals surface area contributed by atoms with Gasteiger partial charge in [-0.1, -0.05) is 18.2 Å². The van der Waals surface area contributed by atoms with Crippen molar-refractivity contribution in [1.29, 1.82) is 0 Å². The lowest BCUT2D eigenvalue weighted by atomic mass is 9.98. The summed E-state index contributed by atoms with van der Waals surface area (Å²) in [7, 11) is 0. The van der Waals surface area contributed by atoms with Crippen LogP contribution in [0, 0.1) is 0 Å². The normalized spacial score (nSPS) is 19.8. The first-order valence-corrected chi connectivity index (χ1v) is 8.20. The molecule has 0 radical (unpaired) electrons. The van der Waals surface area contributed by atoms with Crippen LogP contribution < -0.4 is 5.73 Å². The van der Waals surface area contributed by atoms with Gasteiger partial charge in [0, 0.05) is 13.0 Å². The second kappa shape index (κ2) is 6.84. The van der Waals surface area contributed by atoms with E-state index in [0.29, 0.717) is 13.1 Å². The molecule has 0 aliphatic carbocycles. The Morgan fingerprint density at radius 1 is 1.46 bits per heavy atom. The van der Waals surface area contributed by atoms with Crippen LogP contribution in [-0.4, -0.2) is 52.0 Å². The van der Waals surface area contributed by atoms with E-state index >= 15 is 0 Å². The van der Waals surface area contributed by atoms with Gasteiger partial charge in [-0.2, -0.15) is 0 Å². The molecule has 0 bridgehead atoms. The van der Waals surface area contributed by atoms with E-state index in [-0.39, 0.29) is 12.5 Å². The number of hydrogen-bond acceptors (Lipinski definition) is 5. The summed E-state index contributed by atoms with van der Waals surface area (Å²) in [6, 6.07) is 6.84. The van der Waals surface area contributed by atoms with Gasteiger partial charge in [0.1, 0.15) is 6.04 Å². The largest absolute Gasteiger partial charge is 0.392 e. The first-order valence-electron chi connectivity index (χ1n) is 8.20. The highest BCUT2D eigenvalue weighted by Crippen LogP contribution is 2.30. The molecule has 0 unspecified atom stereocenters. The van der Waals surface area contributed by atoms with Gasteiger partial charge in [0.2, 0.25) is 5.91 Å². The molecule has 2 aliphatic heterocycles. The fraction of sp³-hybridized carbons (Fsp3) is 0.444. The molecule has 6 nitrogen and oxygen atoms in total. The summed E-state index contributed by atoms with van der Waals surface area (Å²) in [4.78, 5) is 18.7. The summed E-state index contributed by atoms with van der Waals surface area (Å²) in [6.07, 6.45) is 0.700. The minimum atomic E-state index is -0.891. The van der Waals surface area contributed by atoms with Crippen molar-refractivity contribution in [3.05, 3.63) is 46.7 Å². The molecule has 2 heterocycles. The summed E-state index contributed by atoms with van der Waals surface area (Å²) >= 11 is 0.